The van der Waals surface area contributed by atoms with Crippen molar-refractivity contribution >= 4 is 10.9 Å². The van der Waals surface area contributed by atoms with E-state index in [4.69, 9.17) is 0 Å². The number of aromatic amines is 1. The molecule has 1 N–H and O–H groups in total. The molecule has 0 aliphatic carbocycles. The first-order valence-electron chi connectivity index (χ1n) is 6.25. The van der Waals surface area contributed by atoms with Gasteiger partial charge in [-0.25, -0.2) is 0 Å². The van der Waals surface area contributed by atoms with Crippen molar-refractivity contribution in [3.63, 3.8) is 0 Å². The molecule has 0 radical (unpaired) electrons. The summed E-state index contributed by atoms with van der Waals surface area (Å²) >= 11 is 0. The third-order valence-electron chi connectivity index (χ3n) is 3.35. The second-order valence-electron chi connectivity index (χ2n) is 4.73. The minimum absolute atomic E-state index is 0.611. The fraction of sp³-hybridized carbons (Fsp3) is 0.125. The van der Waals surface area contributed by atoms with Gasteiger partial charge in [0.15, 0.2) is 0 Å². The minimum atomic E-state index is -4.28. The van der Waals surface area contributed by atoms with Gasteiger partial charge in [0.25, 0.3) is 0 Å². The summed E-state index contributed by atoms with van der Waals surface area (Å²) in [6.07, 6.45) is -1.76. The molecule has 20 heavy (non-hydrogen) atoms. The van der Waals surface area contributed by atoms with Crippen molar-refractivity contribution in [3.8, 4) is 0 Å². The lowest BCUT2D eigenvalue weighted by molar-refractivity contribution is -0.137. The molecule has 0 saturated carbocycles. The molecule has 4 heteroatoms. The highest BCUT2D eigenvalue weighted by Crippen LogP contribution is 2.29. The molecule has 0 aliphatic rings. The number of aromatic nitrogens is 1. The maximum atomic E-state index is 12.5. The van der Waals surface area contributed by atoms with Crippen LogP contribution in [-0.2, 0) is 12.6 Å². The maximum Gasteiger partial charge on any atom is 0.416 e. The Morgan fingerprint density at radius 1 is 0.900 bits per heavy atom. The molecular weight excluding hydrogens is 263 g/mol. The normalized spacial score (nSPS) is 11.9. The highest BCUT2D eigenvalue weighted by Gasteiger charge is 2.29. The third kappa shape index (κ3) is 2.41. The fourth-order valence-electron chi connectivity index (χ4n) is 2.31. The highest BCUT2D eigenvalue weighted by molar-refractivity contribution is 5.83. The summed E-state index contributed by atoms with van der Waals surface area (Å²) in [5.74, 6) is 0. The van der Waals surface area contributed by atoms with Crippen LogP contribution in [0.25, 0.3) is 10.9 Å². The SMILES string of the molecule is FC(F)(F)c1ccc(Cc2c[nH]c3ccccc23)cc1. The summed E-state index contributed by atoms with van der Waals surface area (Å²) in [6, 6.07) is 13.2. The summed E-state index contributed by atoms with van der Waals surface area (Å²) in [4.78, 5) is 3.16. The van der Waals surface area contributed by atoms with Crippen LogP contribution in [0, 0.1) is 0 Å². The van der Waals surface area contributed by atoms with Crippen LogP contribution in [0.4, 0.5) is 13.2 Å². The smallest absolute Gasteiger partial charge is 0.361 e. The van der Waals surface area contributed by atoms with E-state index < -0.39 is 11.7 Å². The van der Waals surface area contributed by atoms with Crippen molar-refractivity contribution < 1.29 is 13.2 Å². The average molecular weight is 275 g/mol. The van der Waals surface area contributed by atoms with Crippen molar-refractivity contribution in [2.75, 3.05) is 0 Å². The molecule has 1 heterocycles. The van der Waals surface area contributed by atoms with Crippen LogP contribution in [0.5, 0.6) is 0 Å². The van der Waals surface area contributed by atoms with Crippen molar-refractivity contribution in [2.24, 2.45) is 0 Å². The largest absolute Gasteiger partial charge is 0.416 e. The quantitative estimate of drug-likeness (QED) is 0.693. The molecule has 3 aromatic rings. The van der Waals surface area contributed by atoms with Gasteiger partial charge in [0.2, 0.25) is 0 Å². The molecule has 0 spiro atoms. The third-order valence-corrected chi connectivity index (χ3v) is 3.35. The summed E-state index contributed by atoms with van der Waals surface area (Å²) in [5.41, 5.74) is 2.37. The lowest BCUT2D eigenvalue weighted by atomic mass is 10.0. The van der Waals surface area contributed by atoms with E-state index in [-0.39, 0.29) is 0 Å². The lowest BCUT2D eigenvalue weighted by Gasteiger charge is -2.07. The molecule has 0 amide bonds. The summed E-state index contributed by atoms with van der Waals surface area (Å²) in [6.45, 7) is 0. The molecule has 0 fully saturated rings. The van der Waals surface area contributed by atoms with Gasteiger partial charge in [-0.3, -0.25) is 0 Å². The van der Waals surface area contributed by atoms with Crippen molar-refractivity contribution in [3.05, 3.63) is 71.4 Å². The second-order valence-corrected chi connectivity index (χ2v) is 4.73. The number of alkyl halides is 3. The summed E-state index contributed by atoms with van der Waals surface area (Å²) < 4.78 is 37.5. The van der Waals surface area contributed by atoms with Gasteiger partial charge in [0, 0.05) is 17.1 Å². The molecule has 102 valence electrons. The van der Waals surface area contributed by atoms with Gasteiger partial charge in [-0.2, -0.15) is 13.2 Å². The highest BCUT2D eigenvalue weighted by atomic mass is 19.4. The van der Waals surface area contributed by atoms with Crippen LogP contribution in [0.1, 0.15) is 16.7 Å². The molecule has 1 aromatic heterocycles. The van der Waals surface area contributed by atoms with Crippen LogP contribution in [0.3, 0.4) is 0 Å². The number of nitrogens with one attached hydrogen (secondary N) is 1. The van der Waals surface area contributed by atoms with Crippen molar-refractivity contribution in [2.45, 2.75) is 12.6 Å². The number of rotatable bonds is 2. The predicted molar refractivity (Wildman–Crippen MR) is 72.5 cm³/mol. The van der Waals surface area contributed by atoms with E-state index >= 15 is 0 Å². The first kappa shape index (κ1) is 12.8. The Kier molecular flexibility index (Phi) is 3.01. The lowest BCUT2D eigenvalue weighted by Crippen LogP contribution is -2.04. The van der Waals surface area contributed by atoms with Gasteiger partial charge in [-0.1, -0.05) is 30.3 Å². The monoisotopic (exact) mass is 275 g/mol. The van der Waals surface area contributed by atoms with E-state index in [0.717, 1.165) is 34.2 Å². The first-order valence-corrected chi connectivity index (χ1v) is 6.25. The molecule has 1 nitrogen and oxygen atoms in total. The number of para-hydroxylation sites is 1. The zero-order valence-corrected chi connectivity index (χ0v) is 10.5. The zero-order chi connectivity index (χ0) is 14.2. The average Bonchev–Trinajstić information content (AvgIpc) is 2.82. The fourth-order valence-corrected chi connectivity index (χ4v) is 2.31. The molecule has 2 aromatic carbocycles. The van der Waals surface area contributed by atoms with Crippen LogP contribution in [0.2, 0.25) is 0 Å². The number of hydrogen-bond donors (Lipinski definition) is 1. The topological polar surface area (TPSA) is 15.8 Å². The van der Waals surface area contributed by atoms with Crippen LogP contribution < -0.4 is 0 Å². The molecule has 0 saturated heterocycles. The maximum absolute atomic E-state index is 12.5. The summed E-state index contributed by atoms with van der Waals surface area (Å²) in [5, 5.41) is 1.10. The number of hydrogen-bond acceptors (Lipinski definition) is 0. The van der Waals surface area contributed by atoms with E-state index in [0.29, 0.717) is 6.42 Å². The van der Waals surface area contributed by atoms with Gasteiger partial charge in [-0.05, 0) is 35.7 Å². The molecule has 0 atom stereocenters. The van der Waals surface area contributed by atoms with Crippen LogP contribution in [-0.4, -0.2) is 4.98 Å². The first-order chi connectivity index (χ1) is 9.54. The molecule has 0 bridgehead atoms. The zero-order valence-electron chi connectivity index (χ0n) is 10.5. The van der Waals surface area contributed by atoms with Crippen molar-refractivity contribution in [1.29, 1.82) is 0 Å². The standard InChI is InChI=1S/C16H12F3N/c17-16(18,19)13-7-5-11(6-8-13)9-12-10-20-15-4-2-1-3-14(12)15/h1-8,10,20H,9H2. The van der Waals surface area contributed by atoms with Crippen LogP contribution in [0.15, 0.2) is 54.7 Å². The Bertz CT molecular complexity index is 723. The number of fused-ring (bicyclic) bond motifs is 1. The van der Waals surface area contributed by atoms with E-state index in [1.54, 1.807) is 0 Å². The van der Waals surface area contributed by atoms with Gasteiger partial charge in [-0.15, -0.1) is 0 Å². The number of halogens is 3. The summed E-state index contributed by atoms with van der Waals surface area (Å²) in [7, 11) is 0. The number of benzene rings is 2. The molecule has 3 rings (SSSR count). The Morgan fingerprint density at radius 3 is 2.30 bits per heavy atom. The van der Waals surface area contributed by atoms with Gasteiger partial charge >= 0.3 is 6.18 Å². The number of H-pyrrole nitrogens is 1. The molecule has 0 unspecified atom stereocenters. The van der Waals surface area contributed by atoms with E-state index in [2.05, 4.69) is 4.98 Å². The Morgan fingerprint density at radius 2 is 1.60 bits per heavy atom. The van der Waals surface area contributed by atoms with Crippen molar-refractivity contribution in [1.82, 2.24) is 4.98 Å². The van der Waals surface area contributed by atoms with Crippen LogP contribution >= 0.6 is 0 Å². The van der Waals surface area contributed by atoms with E-state index in [1.807, 2.05) is 30.5 Å². The van der Waals surface area contributed by atoms with E-state index in [9.17, 15) is 13.2 Å². The Hall–Kier alpha value is -2.23. The van der Waals surface area contributed by atoms with Gasteiger partial charge in [0.05, 0.1) is 5.56 Å². The van der Waals surface area contributed by atoms with Gasteiger partial charge < -0.3 is 4.98 Å². The molecule has 0 aliphatic heterocycles. The van der Waals surface area contributed by atoms with Gasteiger partial charge in [0.1, 0.15) is 0 Å². The Balaban J connectivity index is 1.88. The minimum Gasteiger partial charge on any atom is -0.361 e. The molecular formula is C16H12F3N. The second kappa shape index (κ2) is 4.71. The predicted octanol–water partition coefficient (Wildman–Crippen LogP) is 4.78. The Labute approximate surface area is 114 Å². The van der Waals surface area contributed by atoms with E-state index in [1.165, 1.54) is 12.1 Å².